The van der Waals surface area contributed by atoms with E-state index in [0.717, 1.165) is 44.4 Å². The molecular weight excluding hydrogens is 386 g/mol. The largest absolute Gasteiger partial charge is 0.354 e. The van der Waals surface area contributed by atoms with Gasteiger partial charge in [0, 0.05) is 44.1 Å². The first-order valence-corrected chi connectivity index (χ1v) is 12.2. The topological polar surface area (TPSA) is 97.3 Å². The van der Waals surface area contributed by atoms with E-state index in [2.05, 4.69) is 33.8 Å². The number of carbonyl (C=O) groups is 2. The summed E-state index contributed by atoms with van der Waals surface area (Å²) in [6.45, 7) is 4.49. The summed E-state index contributed by atoms with van der Waals surface area (Å²) < 4.78 is 0. The van der Waals surface area contributed by atoms with Gasteiger partial charge in [0.05, 0.1) is 6.07 Å². The molecule has 8 heteroatoms. The summed E-state index contributed by atoms with van der Waals surface area (Å²) in [4.78, 5) is 26.9. The first kappa shape index (κ1) is 22.4. The summed E-state index contributed by atoms with van der Waals surface area (Å²) in [6.07, 6.45) is 5.89. The number of amides is 2. The quantitative estimate of drug-likeness (QED) is 0.603. The summed E-state index contributed by atoms with van der Waals surface area (Å²) in [5.74, 6) is 3.17. The van der Waals surface area contributed by atoms with E-state index < -0.39 is 0 Å². The summed E-state index contributed by atoms with van der Waals surface area (Å²) in [5.41, 5.74) is 0. The van der Waals surface area contributed by atoms with Crippen LogP contribution < -0.4 is 16.0 Å². The van der Waals surface area contributed by atoms with Crippen LogP contribution in [0.15, 0.2) is 0 Å². The highest BCUT2D eigenvalue weighted by Crippen LogP contribution is 2.29. The van der Waals surface area contributed by atoms with Gasteiger partial charge in [-0.2, -0.15) is 17.0 Å². The van der Waals surface area contributed by atoms with Crippen LogP contribution in [0.2, 0.25) is 0 Å². The predicted molar refractivity (Wildman–Crippen MR) is 115 cm³/mol. The van der Waals surface area contributed by atoms with Gasteiger partial charge in [0.25, 0.3) is 0 Å². The molecule has 3 fully saturated rings. The first-order valence-electron chi connectivity index (χ1n) is 11.0. The highest BCUT2D eigenvalue weighted by atomic mass is 32.2. The third-order valence-corrected chi connectivity index (χ3v) is 7.62. The molecule has 3 N–H and O–H groups in total. The van der Waals surface area contributed by atoms with E-state index in [1.807, 2.05) is 11.8 Å². The molecule has 162 valence electrons. The van der Waals surface area contributed by atoms with Gasteiger partial charge in [-0.1, -0.05) is 0 Å². The number of rotatable bonds is 6. The Kier molecular flexibility index (Phi) is 8.22. The lowest BCUT2D eigenvalue weighted by molar-refractivity contribution is -0.136. The molecule has 2 saturated heterocycles. The fourth-order valence-electron chi connectivity index (χ4n) is 4.96. The molecule has 0 radical (unpaired) electrons. The van der Waals surface area contributed by atoms with Crippen LogP contribution in [0.3, 0.4) is 0 Å². The molecular formula is C21H35N5O2S. The van der Waals surface area contributed by atoms with Crippen LogP contribution in [-0.2, 0) is 9.59 Å². The predicted octanol–water partition coefficient (Wildman–Crippen LogP) is 1.60. The van der Waals surface area contributed by atoms with E-state index in [9.17, 15) is 14.9 Å². The lowest BCUT2D eigenvalue weighted by Crippen LogP contribution is -2.58. The molecule has 4 atom stereocenters. The Hall–Kier alpha value is -1.30. The number of nitrogens with one attached hydrogen (secondary N) is 3. The molecule has 0 bridgehead atoms. The zero-order valence-corrected chi connectivity index (χ0v) is 18.5. The molecule has 2 aliphatic heterocycles. The van der Waals surface area contributed by atoms with Crippen molar-refractivity contribution in [2.75, 3.05) is 18.1 Å². The molecule has 0 aromatic carbocycles. The number of thioether (sulfide) groups is 1. The standard InChI is InChI=1S/C21H35N5O2S/c1-14-9-18(25-20(11-22)23-14)10-21(28)26(12-16-7-8-29-13-16)19-5-3-17(4-6-19)24-15(2)27/h14,16-20,23,25H,3-10,12-13H2,1-2H3,(H,24,27). The molecule has 0 spiro atoms. The maximum atomic E-state index is 13.4. The van der Waals surface area contributed by atoms with E-state index in [-0.39, 0.29) is 42.1 Å². The second-order valence-electron chi connectivity index (χ2n) is 8.91. The minimum atomic E-state index is -0.385. The average molecular weight is 422 g/mol. The van der Waals surface area contributed by atoms with E-state index in [4.69, 9.17) is 0 Å². The zero-order chi connectivity index (χ0) is 20.8. The van der Waals surface area contributed by atoms with E-state index >= 15 is 0 Å². The van der Waals surface area contributed by atoms with Crippen molar-refractivity contribution in [2.24, 2.45) is 5.92 Å². The van der Waals surface area contributed by atoms with Crippen molar-refractivity contribution in [3.05, 3.63) is 0 Å². The van der Waals surface area contributed by atoms with Gasteiger partial charge in [0.1, 0.15) is 6.17 Å². The summed E-state index contributed by atoms with van der Waals surface area (Å²) in [5, 5.41) is 18.8. The second kappa shape index (κ2) is 10.6. The van der Waals surface area contributed by atoms with Crippen LogP contribution >= 0.6 is 11.8 Å². The van der Waals surface area contributed by atoms with Crippen molar-refractivity contribution >= 4 is 23.6 Å². The summed E-state index contributed by atoms with van der Waals surface area (Å²) in [6, 6.07) is 3.00. The van der Waals surface area contributed by atoms with Crippen molar-refractivity contribution in [2.45, 2.75) is 89.1 Å². The van der Waals surface area contributed by atoms with Gasteiger partial charge in [0.2, 0.25) is 11.8 Å². The lowest BCUT2D eigenvalue weighted by Gasteiger charge is -2.40. The van der Waals surface area contributed by atoms with Gasteiger partial charge in [-0.15, -0.1) is 0 Å². The molecule has 4 unspecified atom stereocenters. The highest BCUT2D eigenvalue weighted by Gasteiger charge is 2.34. The van der Waals surface area contributed by atoms with Crippen molar-refractivity contribution in [3.63, 3.8) is 0 Å². The molecule has 7 nitrogen and oxygen atoms in total. The Balaban J connectivity index is 1.61. The summed E-state index contributed by atoms with van der Waals surface area (Å²) in [7, 11) is 0. The van der Waals surface area contributed by atoms with Crippen LogP contribution in [0, 0.1) is 17.2 Å². The van der Waals surface area contributed by atoms with Gasteiger partial charge in [0.15, 0.2) is 0 Å². The molecule has 29 heavy (non-hydrogen) atoms. The van der Waals surface area contributed by atoms with Crippen LogP contribution in [0.5, 0.6) is 0 Å². The van der Waals surface area contributed by atoms with Crippen LogP contribution in [-0.4, -0.2) is 65.1 Å². The zero-order valence-electron chi connectivity index (χ0n) is 17.7. The Labute approximate surface area is 178 Å². The molecule has 1 aliphatic carbocycles. The van der Waals surface area contributed by atoms with Gasteiger partial charge in [-0.05, 0) is 62.9 Å². The third kappa shape index (κ3) is 6.59. The fourth-order valence-corrected chi connectivity index (χ4v) is 6.23. The van der Waals surface area contributed by atoms with Crippen molar-refractivity contribution in [3.8, 4) is 6.07 Å². The normalized spacial score (nSPS) is 34.9. The monoisotopic (exact) mass is 421 g/mol. The van der Waals surface area contributed by atoms with Gasteiger partial charge in [-0.25, -0.2) is 0 Å². The van der Waals surface area contributed by atoms with E-state index in [0.29, 0.717) is 12.3 Å². The molecule has 3 aliphatic rings. The minimum Gasteiger partial charge on any atom is -0.354 e. The van der Waals surface area contributed by atoms with Crippen molar-refractivity contribution < 1.29 is 9.59 Å². The minimum absolute atomic E-state index is 0.0301. The van der Waals surface area contributed by atoms with Crippen molar-refractivity contribution in [1.29, 1.82) is 5.26 Å². The number of carbonyl (C=O) groups excluding carboxylic acids is 2. The molecule has 2 heterocycles. The van der Waals surface area contributed by atoms with E-state index in [1.54, 1.807) is 6.92 Å². The van der Waals surface area contributed by atoms with Crippen LogP contribution in [0.4, 0.5) is 0 Å². The lowest BCUT2D eigenvalue weighted by atomic mass is 9.89. The van der Waals surface area contributed by atoms with Crippen LogP contribution in [0.1, 0.15) is 58.8 Å². The molecule has 1 saturated carbocycles. The molecule has 2 amide bonds. The Morgan fingerprint density at radius 3 is 2.59 bits per heavy atom. The maximum Gasteiger partial charge on any atom is 0.224 e. The number of nitrogens with zero attached hydrogens (tertiary/aromatic N) is 2. The number of hydrogen-bond donors (Lipinski definition) is 3. The number of nitriles is 1. The highest BCUT2D eigenvalue weighted by molar-refractivity contribution is 7.99. The smallest absolute Gasteiger partial charge is 0.224 e. The van der Waals surface area contributed by atoms with Gasteiger partial charge in [-0.3, -0.25) is 20.2 Å². The maximum absolute atomic E-state index is 13.4. The Morgan fingerprint density at radius 2 is 1.97 bits per heavy atom. The van der Waals surface area contributed by atoms with Gasteiger partial charge < -0.3 is 10.2 Å². The van der Waals surface area contributed by atoms with Crippen LogP contribution in [0.25, 0.3) is 0 Å². The molecule has 3 rings (SSSR count). The number of hydrogen-bond acceptors (Lipinski definition) is 6. The van der Waals surface area contributed by atoms with Gasteiger partial charge >= 0.3 is 0 Å². The molecule has 0 aromatic heterocycles. The molecule has 0 aromatic rings. The van der Waals surface area contributed by atoms with Crippen molar-refractivity contribution in [1.82, 2.24) is 20.9 Å². The second-order valence-corrected chi connectivity index (χ2v) is 10.1. The Bertz CT molecular complexity index is 611. The SMILES string of the molecule is CC(=O)NC1CCC(N(CC2CCSC2)C(=O)CC2CC(C)NC(C#N)N2)CC1. The summed E-state index contributed by atoms with van der Waals surface area (Å²) >= 11 is 1.99. The Morgan fingerprint density at radius 1 is 1.21 bits per heavy atom. The third-order valence-electron chi connectivity index (χ3n) is 6.39. The van der Waals surface area contributed by atoms with E-state index in [1.165, 1.54) is 12.2 Å². The first-order chi connectivity index (χ1) is 13.9. The average Bonchev–Trinajstić information content (AvgIpc) is 3.19. The fraction of sp³-hybridized carbons (Fsp3) is 0.857.